The van der Waals surface area contributed by atoms with Gasteiger partial charge in [-0.2, -0.15) is 0 Å². The van der Waals surface area contributed by atoms with Gasteiger partial charge in [0, 0.05) is 11.5 Å². The van der Waals surface area contributed by atoms with Crippen molar-refractivity contribution >= 4 is 44.1 Å². The van der Waals surface area contributed by atoms with Crippen molar-refractivity contribution in [2.45, 2.75) is 26.2 Å². The number of rotatable bonds is 6. The molecule has 0 bridgehead atoms. The highest BCUT2D eigenvalue weighted by molar-refractivity contribution is 7.22. The monoisotopic (exact) mass is 488 g/mol. The number of carbonyl (C=O) groups excluding carboxylic acids is 2. The number of aromatic nitrogens is 1. The molecule has 5 rings (SSSR count). The molecule has 7 heteroatoms. The van der Waals surface area contributed by atoms with Crippen LogP contribution in [0.2, 0.25) is 0 Å². The smallest absolute Gasteiger partial charge is 0.309 e. The third-order valence-corrected chi connectivity index (χ3v) is 7.63. The minimum absolute atomic E-state index is 0.0405. The number of halogens is 1. The summed E-state index contributed by atoms with van der Waals surface area (Å²) in [5, 5.41) is 3.73. The topological polar surface area (TPSA) is 68.3 Å². The van der Waals surface area contributed by atoms with E-state index in [1.54, 1.807) is 18.2 Å². The quantitative estimate of drug-likeness (QED) is 0.236. The summed E-state index contributed by atoms with van der Waals surface area (Å²) in [4.78, 5) is 29.6. The Labute approximate surface area is 207 Å². The van der Waals surface area contributed by atoms with Crippen LogP contribution in [0.3, 0.4) is 0 Å². The number of ether oxygens (including phenoxy) is 1. The number of nitrogens with zero attached hydrogens (tertiary/aromatic N) is 1. The van der Waals surface area contributed by atoms with Crippen LogP contribution in [0, 0.1) is 24.6 Å². The molecular weight excluding hydrogens is 463 g/mol. The number of nitrogens with one attached hydrogen (secondary N) is 1. The zero-order valence-electron chi connectivity index (χ0n) is 19.5. The zero-order valence-corrected chi connectivity index (χ0v) is 20.3. The van der Waals surface area contributed by atoms with Crippen molar-refractivity contribution in [1.29, 1.82) is 0 Å². The number of benzene rings is 3. The number of carbonyl (C=O) groups is 2. The van der Waals surface area contributed by atoms with Crippen LogP contribution in [0.5, 0.6) is 0 Å². The molecule has 0 radical (unpaired) electrons. The third-order valence-electron chi connectivity index (χ3n) is 6.69. The van der Waals surface area contributed by atoms with E-state index in [4.69, 9.17) is 4.74 Å². The molecule has 178 valence electrons. The van der Waals surface area contributed by atoms with Gasteiger partial charge in [0.15, 0.2) is 10.9 Å². The molecule has 1 aromatic heterocycles. The van der Waals surface area contributed by atoms with E-state index < -0.39 is 0 Å². The van der Waals surface area contributed by atoms with Crippen molar-refractivity contribution in [2.24, 2.45) is 11.8 Å². The number of esters is 1. The predicted octanol–water partition coefficient (Wildman–Crippen LogP) is 6.93. The van der Waals surface area contributed by atoms with E-state index >= 15 is 0 Å². The van der Waals surface area contributed by atoms with Crippen molar-refractivity contribution in [3.05, 3.63) is 77.6 Å². The highest BCUT2D eigenvalue weighted by Gasteiger charge is 2.38. The number of Topliss-reactive ketones (excluding diaryl/α,β-unsaturated/α-hetero) is 1. The lowest BCUT2D eigenvalue weighted by Crippen LogP contribution is -2.26. The van der Waals surface area contributed by atoms with Crippen LogP contribution in [-0.4, -0.2) is 23.8 Å². The van der Waals surface area contributed by atoms with E-state index in [1.807, 2.05) is 43.3 Å². The Morgan fingerprint density at radius 1 is 1.03 bits per heavy atom. The number of ketones is 1. The first-order valence-electron chi connectivity index (χ1n) is 11.6. The van der Waals surface area contributed by atoms with Crippen molar-refractivity contribution in [3.8, 4) is 11.1 Å². The number of anilines is 2. The molecule has 35 heavy (non-hydrogen) atoms. The van der Waals surface area contributed by atoms with Crippen LogP contribution >= 0.6 is 11.3 Å². The Bertz CT molecular complexity index is 1410. The molecule has 5 nitrogen and oxygen atoms in total. The summed E-state index contributed by atoms with van der Waals surface area (Å²) in [6.45, 7) is 2.01. The number of thiazole rings is 1. The maximum Gasteiger partial charge on any atom is 0.309 e. The van der Waals surface area contributed by atoms with Crippen LogP contribution in [0.15, 0.2) is 60.7 Å². The molecule has 0 spiro atoms. The van der Waals surface area contributed by atoms with Crippen LogP contribution in [-0.2, 0) is 9.53 Å². The van der Waals surface area contributed by atoms with E-state index in [9.17, 15) is 14.0 Å². The van der Waals surface area contributed by atoms with E-state index in [2.05, 4.69) is 10.3 Å². The largest absolute Gasteiger partial charge is 0.469 e. The number of hydrogen-bond donors (Lipinski definition) is 1. The average Bonchev–Trinajstić information content (AvgIpc) is 3.52. The molecule has 1 saturated carbocycles. The van der Waals surface area contributed by atoms with Gasteiger partial charge in [-0.15, -0.1) is 0 Å². The molecule has 2 unspecified atom stereocenters. The summed E-state index contributed by atoms with van der Waals surface area (Å²) in [5.41, 5.74) is 4.42. The van der Waals surface area contributed by atoms with Gasteiger partial charge in [0.1, 0.15) is 5.82 Å². The molecule has 1 heterocycles. The van der Waals surface area contributed by atoms with Crippen LogP contribution in [0.1, 0.15) is 35.2 Å². The highest BCUT2D eigenvalue weighted by atomic mass is 32.1. The first-order valence-corrected chi connectivity index (χ1v) is 12.4. The fourth-order valence-corrected chi connectivity index (χ4v) is 5.76. The first kappa shape index (κ1) is 23.2. The van der Waals surface area contributed by atoms with E-state index in [0.717, 1.165) is 27.8 Å². The third kappa shape index (κ3) is 4.56. The van der Waals surface area contributed by atoms with E-state index in [1.165, 1.54) is 24.5 Å². The molecule has 3 aromatic carbocycles. The summed E-state index contributed by atoms with van der Waals surface area (Å²) in [5.74, 6) is -1.46. The lowest BCUT2D eigenvalue weighted by Gasteiger charge is -2.16. The normalized spacial score (nSPS) is 17.5. The summed E-state index contributed by atoms with van der Waals surface area (Å²) in [6, 6.07) is 18.1. The Balaban J connectivity index is 1.32. The number of aryl methyl sites for hydroxylation is 1. The van der Waals surface area contributed by atoms with Gasteiger partial charge in [-0.3, -0.25) is 9.59 Å². The number of methoxy groups -OCH3 is 1. The van der Waals surface area contributed by atoms with Crippen molar-refractivity contribution in [1.82, 2.24) is 4.98 Å². The molecule has 0 saturated heterocycles. The van der Waals surface area contributed by atoms with Crippen molar-refractivity contribution in [2.75, 3.05) is 12.4 Å². The van der Waals surface area contributed by atoms with Gasteiger partial charge in [-0.1, -0.05) is 60.2 Å². The second kappa shape index (κ2) is 9.58. The fraction of sp³-hybridized carbons (Fsp3) is 0.250. The fourth-order valence-electron chi connectivity index (χ4n) is 4.80. The number of para-hydroxylation sites is 1. The summed E-state index contributed by atoms with van der Waals surface area (Å²) in [6.07, 6.45) is 2.20. The van der Waals surface area contributed by atoms with Gasteiger partial charge < -0.3 is 10.1 Å². The molecular formula is C28H25FN2O3S. The van der Waals surface area contributed by atoms with Crippen molar-refractivity contribution < 1.29 is 18.7 Å². The molecule has 2 atom stereocenters. The van der Waals surface area contributed by atoms with Gasteiger partial charge in [0.2, 0.25) is 0 Å². The van der Waals surface area contributed by atoms with Gasteiger partial charge in [0.25, 0.3) is 0 Å². The molecule has 0 aliphatic heterocycles. The van der Waals surface area contributed by atoms with Crippen LogP contribution in [0.25, 0.3) is 21.3 Å². The number of hydrogen-bond acceptors (Lipinski definition) is 6. The molecule has 1 N–H and O–H groups in total. The zero-order chi connectivity index (χ0) is 24.5. The average molecular weight is 489 g/mol. The Kier molecular flexibility index (Phi) is 6.34. The van der Waals surface area contributed by atoms with Crippen LogP contribution in [0.4, 0.5) is 15.2 Å². The second-order valence-electron chi connectivity index (χ2n) is 8.87. The van der Waals surface area contributed by atoms with Gasteiger partial charge in [-0.25, -0.2) is 9.37 Å². The molecule has 0 amide bonds. The Morgan fingerprint density at radius 3 is 2.49 bits per heavy atom. The minimum atomic E-state index is -0.384. The molecule has 1 aliphatic rings. The van der Waals surface area contributed by atoms with E-state index in [-0.39, 0.29) is 29.4 Å². The lowest BCUT2D eigenvalue weighted by molar-refractivity contribution is -0.146. The Morgan fingerprint density at radius 2 is 1.77 bits per heavy atom. The highest BCUT2D eigenvalue weighted by Crippen LogP contribution is 2.36. The SMILES string of the molecule is COC(=O)C1CCCC1C(=O)c1ccc(-c2ccc(Nc3nc4c(C)cccc4s3)c(F)c2)cc1. The molecule has 1 fully saturated rings. The molecule has 4 aromatic rings. The minimum Gasteiger partial charge on any atom is -0.469 e. The Hall–Kier alpha value is -3.58. The summed E-state index contributed by atoms with van der Waals surface area (Å²) in [7, 11) is 1.36. The maximum absolute atomic E-state index is 14.9. The van der Waals surface area contributed by atoms with Gasteiger partial charge >= 0.3 is 5.97 Å². The first-order chi connectivity index (χ1) is 16.9. The second-order valence-corrected chi connectivity index (χ2v) is 9.90. The van der Waals surface area contributed by atoms with Gasteiger partial charge in [-0.05, 0) is 54.7 Å². The van der Waals surface area contributed by atoms with Crippen molar-refractivity contribution in [3.63, 3.8) is 0 Å². The van der Waals surface area contributed by atoms with Gasteiger partial charge in [0.05, 0.1) is 28.9 Å². The standard InChI is InChI=1S/C28H25FN2O3S/c1-16-5-3-8-24-25(16)31-28(35-24)30-23-14-13-19(15-22(23)29)17-9-11-18(12-10-17)26(32)20-6-4-7-21(20)27(33)34-2/h3,5,8-15,20-21H,4,6-7H2,1-2H3,(H,30,31). The predicted molar refractivity (Wildman–Crippen MR) is 137 cm³/mol. The van der Waals surface area contributed by atoms with E-state index in [0.29, 0.717) is 34.8 Å². The van der Waals surface area contributed by atoms with Crippen LogP contribution < -0.4 is 5.32 Å². The summed E-state index contributed by atoms with van der Waals surface area (Å²) < 4.78 is 20.9. The molecule has 1 aliphatic carbocycles. The number of fused-ring (bicyclic) bond motifs is 1. The summed E-state index contributed by atoms with van der Waals surface area (Å²) >= 11 is 1.48. The lowest BCUT2D eigenvalue weighted by atomic mass is 9.88. The maximum atomic E-state index is 14.9.